The van der Waals surface area contributed by atoms with Crippen molar-refractivity contribution < 1.29 is 17.6 Å². The number of carbonyl (C=O) groups is 1. The summed E-state index contributed by atoms with van der Waals surface area (Å²) in [5.41, 5.74) is 1.92. The highest BCUT2D eigenvalue weighted by molar-refractivity contribution is 7.94. The maximum absolute atomic E-state index is 13.5. The molecule has 1 unspecified atom stereocenters. The lowest BCUT2D eigenvalue weighted by atomic mass is 10.0. The van der Waals surface area contributed by atoms with Gasteiger partial charge in [0, 0.05) is 0 Å². The molecule has 1 N–H and O–H groups in total. The third-order valence-corrected chi connectivity index (χ3v) is 8.16. The number of hydrogen-bond donors (Lipinski definition) is 1. The summed E-state index contributed by atoms with van der Waals surface area (Å²) < 4.78 is 37.4. The van der Waals surface area contributed by atoms with Gasteiger partial charge in [-0.1, -0.05) is 24.3 Å². The summed E-state index contributed by atoms with van der Waals surface area (Å²) in [4.78, 5) is 23.1. The number of fused-ring (bicyclic) bond motifs is 2. The number of unbranched alkanes of at least 4 members (excludes halogenated alkanes) is 1. The Kier molecular flexibility index (Phi) is 5.13. The van der Waals surface area contributed by atoms with E-state index in [1.165, 1.54) is 24.8 Å². The predicted octanol–water partition coefficient (Wildman–Crippen LogP) is 4.34. The number of imidazole rings is 1. The number of rotatable bonds is 6. The Hall–Kier alpha value is -2.74. The van der Waals surface area contributed by atoms with E-state index in [0.717, 1.165) is 11.0 Å². The van der Waals surface area contributed by atoms with E-state index in [1.807, 2.05) is 24.3 Å². The van der Waals surface area contributed by atoms with E-state index in [0.29, 0.717) is 30.8 Å². The van der Waals surface area contributed by atoms with Gasteiger partial charge in [0.2, 0.25) is 5.91 Å². The number of aromatic nitrogens is 2. The van der Waals surface area contributed by atoms with E-state index < -0.39 is 33.2 Å². The molecular formula is C22H24FN3O3S. The van der Waals surface area contributed by atoms with E-state index in [1.54, 1.807) is 18.2 Å². The molecule has 0 bridgehead atoms. The number of H-pyrrole nitrogens is 1. The van der Waals surface area contributed by atoms with Crippen molar-refractivity contribution in [1.82, 2.24) is 9.97 Å². The summed E-state index contributed by atoms with van der Waals surface area (Å²) in [7, 11) is -3.85. The molecule has 0 saturated heterocycles. The average molecular weight is 430 g/mol. The van der Waals surface area contributed by atoms with Crippen LogP contribution in [0.15, 0.2) is 53.4 Å². The molecule has 6 nitrogen and oxygen atoms in total. The summed E-state index contributed by atoms with van der Waals surface area (Å²) in [6, 6.07) is 13.5. The van der Waals surface area contributed by atoms with Gasteiger partial charge in [0.1, 0.15) is 10.6 Å². The number of nitrogens with zero attached hydrogens (tertiary/aromatic N) is 2. The van der Waals surface area contributed by atoms with Crippen LogP contribution in [0.1, 0.15) is 45.0 Å². The monoisotopic (exact) mass is 429 g/mol. The zero-order valence-corrected chi connectivity index (χ0v) is 17.7. The predicted molar refractivity (Wildman–Crippen MR) is 114 cm³/mol. The fourth-order valence-corrected chi connectivity index (χ4v) is 5.51. The van der Waals surface area contributed by atoms with Gasteiger partial charge in [-0.2, -0.15) is 0 Å². The molecule has 4 rings (SSSR count). The summed E-state index contributed by atoms with van der Waals surface area (Å²) in [5.74, 6) is 0.0558. The van der Waals surface area contributed by atoms with E-state index >= 15 is 0 Å². The molecule has 1 aliphatic rings. The zero-order valence-electron chi connectivity index (χ0n) is 16.9. The first-order valence-electron chi connectivity index (χ1n) is 9.97. The van der Waals surface area contributed by atoms with Gasteiger partial charge in [-0.15, -0.1) is 0 Å². The second-order valence-corrected chi connectivity index (χ2v) is 10.5. The first-order chi connectivity index (χ1) is 14.3. The van der Waals surface area contributed by atoms with Crippen LogP contribution < -0.4 is 4.90 Å². The zero-order chi connectivity index (χ0) is 21.5. The Bertz CT molecular complexity index is 1170. The standard InChI is InChI=1S/C22H24FN3O3S/c1-22(2)21(27)26(17-11-5-6-13-19(17)30(22,28)29)18(12-7-8-14-23)20-24-15-9-3-4-10-16(15)25-20/h3-6,9-11,13,18H,7-8,12,14H2,1-2H3,(H,24,25). The minimum atomic E-state index is -3.85. The van der Waals surface area contributed by atoms with E-state index in [9.17, 15) is 17.6 Å². The number of para-hydroxylation sites is 3. The van der Waals surface area contributed by atoms with Crippen molar-refractivity contribution in [2.24, 2.45) is 0 Å². The number of anilines is 1. The van der Waals surface area contributed by atoms with Crippen LogP contribution in [-0.2, 0) is 14.6 Å². The highest BCUT2D eigenvalue weighted by Crippen LogP contribution is 2.44. The van der Waals surface area contributed by atoms with Gasteiger partial charge in [0.05, 0.1) is 34.3 Å². The second-order valence-electron chi connectivity index (χ2n) is 8.00. The molecular weight excluding hydrogens is 405 g/mol. The number of nitrogens with one attached hydrogen (secondary N) is 1. The van der Waals surface area contributed by atoms with Crippen molar-refractivity contribution in [3.8, 4) is 0 Å². The van der Waals surface area contributed by atoms with Gasteiger partial charge < -0.3 is 4.98 Å². The number of amides is 1. The lowest BCUT2D eigenvalue weighted by Crippen LogP contribution is -2.55. The van der Waals surface area contributed by atoms with Crippen molar-refractivity contribution in [3.05, 3.63) is 54.4 Å². The average Bonchev–Trinajstić information content (AvgIpc) is 3.16. The lowest BCUT2D eigenvalue weighted by Gasteiger charge is -2.41. The van der Waals surface area contributed by atoms with Crippen LogP contribution in [0.25, 0.3) is 11.0 Å². The van der Waals surface area contributed by atoms with Crippen molar-refractivity contribution in [1.29, 1.82) is 0 Å². The number of benzene rings is 2. The Morgan fingerprint density at radius 1 is 1.10 bits per heavy atom. The Morgan fingerprint density at radius 2 is 1.80 bits per heavy atom. The van der Waals surface area contributed by atoms with Crippen molar-refractivity contribution >= 4 is 32.5 Å². The molecule has 3 aromatic rings. The van der Waals surface area contributed by atoms with E-state index in [4.69, 9.17) is 0 Å². The van der Waals surface area contributed by atoms with Crippen LogP contribution in [0.5, 0.6) is 0 Å². The molecule has 1 aliphatic heterocycles. The molecule has 2 heterocycles. The van der Waals surface area contributed by atoms with Gasteiger partial charge in [-0.3, -0.25) is 14.1 Å². The number of hydrogen-bond acceptors (Lipinski definition) is 4. The minimum Gasteiger partial charge on any atom is -0.340 e. The Balaban J connectivity index is 1.90. The highest BCUT2D eigenvalue weighted by Gasteiger charge is 2.53. The largest absolute Gasteiger partial charge is 0.340 e. The Labute approximate surface area is 175 Å². The van der Waals surface area contributed by atoms with Crippen molar-refractivity contribution in [2.75, 3.05) is 11.6 Å². The SMILES string of the molecule is CC1(C)C(=O)N(C(CCCCF)c2nc3ccccc3[nH]2)c2ccccc2S1(=O)=O. The molecule has 1 atom stereocenters. The topological polar surface area (TPSA) is 83.1 Å². The summed E-state index contributed by atoms with van der Waals surface area (Å²) in [6.07, 6.45) is 1.36. The molecule has 1 aromatic heterocycles. The van der Waals surface area contributed by atoms with Crippen molar-refractivity contribution in [3.63, 3.8) is 0 Å². The minimum absolute atomic E-state index is 0.126. The molecule has 8 heteroatoms. The molecule has 0 spiro atoms. The molecule has 0 fully saturated rings. The number of sulfone groups is 1. The first kappa shape index (κ1) is 20.5. The third-order valence-electron chi connectivity index (χ3n) is 5.72. The van der Waals surface area contributed by atoms with E-state index in [-0.39, 0.29) is 4.90 Å². The summed E-state index contributed by atoms with van der Waals surface area (Å²) in [6.45, 7) is 2.42. The summed E-state index contributed by atoms with van der Waals surface area (Å²) in [5, 5.41) is 0. The number of carbonyl (C=O) groups excluding carboxylic acids is 1. The molecule has 2 aromatic carbocycles. The summed E-state index contributed by atoms with van der Waals surface area (Å²) >= 11 is 0. The quantitative estimate of drug-likeness (QED) is 0.591. The smallest absolute Gasteiger partial charge is 0.248 e. The molecule has 158 valence electrons. The fraction of sp³-hybridized carbons (Fsp3) is 0.364. The van der Waals surface area contributed by atoms with Crippen LogP contribution in [0.4, 0.5) is 10.1 Å². The van der Waals surface area contributed by atoms with Gasteiger partial charge in [-0.25, -0.2) is 13.4 Å². The Morgan fingerprint density at radius 3 is 2.53 bits per heavy atom. The number of aromatic amines is 1. The van der Waals surface area contributed by atoms with Gasteiger partial charge in [0.15, 0.2) is 9.84 Å². The highest BCUT2D eigenvalue weighted by atomic mass is 32.2. The second kappa shape index (κ2) is 7.50. The van der Waals surface area contributed by atoms with Crippen LogP contribution in [0.2, 0.25) is 0 Å². The molecule has 0 aliphatic carbocycles. The van der Waals surface area contributed by atoms with Gasteiger partial charge >= 0.3 is 0 Å². The van der Waals surface area contributed by atoms with Crippen LogP contribution in [0.3, 0.4) is 0 Å². The van der Waals surface area contributed by atoms with Crippen molar-refractivity contribution in [2.45, 2.75) is 48.8 Å². The first-order valence-corrected chi connectivity index (χ1v) is 11.5. The van der Waals surface area contributed by atoms with Crippen LogP contribution in [0, 0.1) is 0 Å². The number of alkyl halides is 1. The molecule has 0 radical (unpaired) electrons. The van der Waals surface area contributed by atoms with Crippen LogP contribution >= 0.6 is 0 Å². The number of halogens is 1. The fourth-order valence-electron chi connectivity index (χ4n) is 3.93. The molecule has 1 amide bonds. The van der Waals surface area contributed by atoms with Crippen LogP contribution in [-0.4, -0.2) is 35.7 Å². The lowest BCUT2D eigenvalue weighted by molar-refractivity contribution is -0.121. The third kappa shape index (κ3) is 3.10. The molecule has 30 heavy (non-hydrogen) atoms. The van der Waals surface area contributed by atoms with E-state index in [2.05, 4.69) is 9.97 Å². The normalized spacial score (nSPS) is 18.4. The van der Waals surface area contributed by atoms with Gasteiger partial charge in [-0.05, 0) is 57.4 Å². The molecule has 0 saturated carbocycles. The van der Waals surface area contributed by atoms with Gasteiger partial charge in [0.25, 0.3) is 0 Å². The maximum atomic E-state index is 13.5. The maximum Gasteiger partial charge on any atom is 0.248 e.